The smallest absolute Gasteiger partial charge is 0.290 e. The maximum Gasteiger partial charge on any atom is 0.290 e. The van der Waals surface area contributed by atoms with Crippen LogP contribution in [0.25, 0.3) is 0 Å². The minimum Gasteiger partial charge on any atom is -0.379 e. The lowest BCUT2D eigenvalue weighted by Crippen LogP contribution is -2.51. The first-order chi connectivity index (χ1) is 12.5. The molecule has 2 unspecified atom stereocenters. The van der Waals surface area contributed by atoms with Gasteiger partial charge in [-0.1, -0.05) is 38.5 Å². The van der Waals surface area contributed by atoms with Crippen molar-refractivity contribution in [1.29, 1.82) is 0 Å². The van der Waals surface area contributed by atoms with Crippen molar-refractivity contribution in [3.8, 4) is 0 Å². The fourth-order valence-corrected chi connectivity index (χ4v) is 5.54. The van der Waals surface area contributed by atoms with Crippen LogP contribution in [0.5, 0.6) is 0 Å². The normalized spacial score (nSPS) is 35.0. The zero-order chi connectivity index (χ0) is 18.3. The largest absolute Gasteiger partial charge is 0.379 e. The molecule has 0 spiro atoms. The molecule has 0 aromatic heterocycles. The van der Waals surface area contributed by atoms with Gasteiger partial charge in [-0.25, -0.2) is 0 Å². The Kier molecular flexibility index (Phi) is 4.80. The number of Topliss-reactive ketones (excluding diaryl/α,β-unsaturated/α-hetero) is 1. The van der Waals surface area contributed by atoms with Crippen LogP contribution in [0.1, 0.15) is 70.6 Å². The Bertz CT molecular complexity index is 595. The highest BCUT2D eigenvalue weighted by atomic mass is 16.3. The predicted octanol–water partition coefficient (Wildman–Crippen LogP) is 1.64. The van der Waals surface area contributed by atoms with E-state index in [0.717, 1.165) is 51.4 Å². The first kappa shape index (κ1) is 18.0. The van der Waals surface area contributed by atoms with Crippen LogP contribution in [0.2, 0.25) is 0 Å². The fraction of sp³-hybridized carbons (Fsp3) is 0.850. The molecule has 2 saturated carbocycles. The molecule has 4 aliphatic rings. The van der Waals surface area contributed by atoms with Crippen molar-refractivity contribution in [1.82, 2.24) is 9.80 Å². The summed E-state index contributed by atoms with van der Waals surface area (Å²) in [5.41, 5.74) is -1.69. The summed E-state index contributed by atoms with van der Waals surface area (Å²) in [6.07, 6.45) is 10.8. The molecule has 0 aromatic carbocycles. The lowest BCUT2D eigenvalue weighted by molar-refractivity contribution is -0.154. The van der Waals surface area contributed by atoms with Crippen LogP contribution in [0, 0.1) is 5.92 Å². The molecule has 2 aliphatic carbocycles. The Morgan fingerprint density at radius 2 is 1.35 bits per heavy atom. The summed E-state index contributed by atoms with van der Waals surface area (Å²) in [5, 5.41) is 11.2. The van der Waals surface area contributed by atoms with E-state index in [4.69, 9.17) is 0 Å². The highest BCUT2D eigenvalue weighted by Crippen LogP contribution is 2.39. The molecular weight excluding hydrogens is 332 g/mol. The highest BCUT2D eigenvalue weighted by molar-refractivity contribution is 6.39. The molecule has 6 heteroatoms. The molecule has 2 heterocycles. The molecule has 0 radical (unpaired) electrons. The first-order valence-electron chi connectivity index (χ1n) is 10.4. The molecule has 2 aliphatic heterocycles. The Morgan fingerprint density at radius 3 is 1.92 bits per heavy atom. The Hall–Kier alpha value is -1.43. The van der Waals surface area contributed by atoms with E-state index < -0.39 is 23.2 Å². The quantitative estimate of drug-likeness (QED) is 0.774. The number of rotatable bonds is 3. The van der Waals surface area contributed by atoms with E-state index in [2.05, 4.69) is 0 Å². The van der Waals surface area contributed by atoms with Gasteiger partial charge in [0.25, 0.3) is 11.8 Å². The van der Waals surface area contributed by atoms with Gasteiger partial charge in [-0.05, 0) is 25.7 Å². The molecule has 0 bridgehead atoms. The van der Waals surface area contributed by atoms with Gasteiger partial charge in [0.2, 0.25) is 5.78 Å². The fourth-order valence-electron chi connectivity index (χ4n) is 5.54. The maximum absolute atomic E-state index is 13.0. The number of nitrogens with zero attached hydrogens (tertiary/aromatic N) is 2. The van der Waals surface area contributed by atoms with Crippen LogP contribution < -0.4 is 0 Å². The van der Waals surface area contributed by atoms with Crippen LogP contribution in [-0.2, 0) is 14.4 Å². The second-order valence-corrected chi connectivity index (χ2v) is 8.63. The highest BCUT2D eigenvalue weighted by Gasteiger charge is 2.59. The SMILES string of the molecule is O=C1C(=O)N(C2CCCCC2)CC1C1(O)CCN(C2CCCCC2)C1=O. The summed E-state index contributed by atoms with van der Waals surface area (Å²) in [7, 11) is 0. The summed E-state index contributed by atoms with van der Waals surface area (Å²) in [4.78, 5) is 41.7. The van der Waals surface area contributed by atoms with E-state index in [1.165, 1.54) is 12.8 Å². The van der Waals surface area contributed by atoms with Crippen LogP contribution in [0.4, 0.5) is 0 Å². The number of hydrogen-bond donors (Lipinski definition) is 1. The molecule has 2 atom stereocenters. The summed E-state index contributed by atoms with van der Waals surface area (Å²) < 4.78 is 0. The average molecular weight is 362 g/mol. The number of likely N-dealkylation sites (tertiary alicyclic amines) is 2. The standard InChI is InChI=1S/C20H30N2O4/c23-17-16(13-22(18(17)24)15-9-5-2-6-10-15)20(26)11-12-21(19(20)25)14-7-3-1-4-8-14/h14-16,26H,1-13H2. The van der Waals surface area contributed by atoms with Crippen molar-refractivity contribution in [2.75, 3.05) is 13.1 Å². The molecule has 4 rings (SSSR count). The van der Waals surface area contributed by atoms with E-state index >= 15 is 0 Å². The topological polar surface area (TPSA) is 77.9 Å². The minimum absolute atomic E-state index is 0.0970. The number of ketones is 1. The lowest BCUT2D eigenvalue weighted by Gasteiger charge is -2.34. The third-order valence-electron chi connectivity index (χ3n) is 7.14. The maximum atomic E-state index is 13.0. The van der Waals surface area contributed by atoms with E-state index in [-0.39, 0.29) is 31.0 Å². The average Bonchev–Trinajstić information content (AvgIpc) is 3.15. The number of carbonyl (C=O) groups is 3. The summed E-state index contributed by atoms with van der Waals surface area (Å²) >= 11 is 0. The second-order valence-electron chi connectivity index (χ2n) is 8.63. The minimum atomic E-state index is -1.69. The van der Waals surface area contributed by atoms with Gasteiger partial charge < -0.3 is 14.9 Å². The summed E-state index contributed by atoms with van der Waals surface area (Å²) in [6.45, 7) is 0.713. The summed E-state index contributed by atoms with van der Waals surface area (Å²) in [5.74, 6) is -2.25. The second kappa shape index (κ2) is 6.95. The van der Waals surface area contributed by atoms with Crippen molar-refractivity contribution in [3.63, 3.8) is 0 Å². The molecule has 4 fully saturated rings. The number of aliphatic hydroxyl groups is 1. The van der Waals surface area contributed by atoms with E-state index in [1.54, 1.807) is 9.80 Å². The van der Waals surface area contributed by atoms with E-state index in [1.807, 2.05) is 0 Å². The molecule has 1 N–H and O–H groups in total. The van der Waals surface area contributed by atoms with Gasteiger partial charge in [0.15, 0.2) is 5.60 Å². The Balaban J connectivity index is 1.50. The molecule has 0 aromatic rings. The van der Waals surface area contributed by atoms with Gasteiger partial charge in [0.1, 0.15) is 0 Å². The van der Waals surface area contributed by atoms with Crippen LogP contribution in [0.15, 0.2) is 0 Å². The van der Waals surface area contributed by atoms with Crippen LogP contribution in [0.3, 0.4) is 0 Å². The molecule has 6 nitrogen and oxygen atoms in total. The third-order valence-corrected chi connectivity index (χ3v) is 7.14. The molecule has 26 heavy (non-hydrogen) atoms. The van der Waals surface area contributed by atoms with Crippen molar-refractivity contribution in [3.05, 3.63) is 0 Å². The monoisotopic (exact) mass is 362 g/mol. The Morgan fingerprint density at radius 1 is 0.808 bits per heavy atom. The van der Waals surface area contributed by atoms with Gasteiger partial charge >= 0.3 is 0 Å². The predicted molar refractivity (Wildman–Crippen MR) is 95.2 cm³/mol. The van der Waals surface area contributed by atoms with Gasteiger partial charge in [-0.3, -0.25) is 14.4 Å². The van der Waals surface area contributed by atoms with E-state index in [9.17, 15) is 19.5 Å². The van der Waals surface area contributed by atoms with Gasteiger partial charge in [0, 0.05) is 31.6 Å². The van der Waals surface area contributed by atoms with E-state index in [0.29, 0.717) is 6.54 Å². The first-order valence-corrected chi connectivity index (χ1v) is 10.4. The number of hydrogen-bond acceptors (Lipinski definition) is 4. The molecule has 144 valence electrons. The summed E-state index contributed by atoms with van der Waals surface area (Å²) in [6, 6.07) is 0.284. The zero-order valence-corrected chi connectivity index (χ0v) is 15.5. The molecule has 2 saturated heterocycles. The number of amides is 2. The van der Waals surface area contributed by atoms with Gasteiger partial charge in [-0.2, -0.15) is 0 Å². The van der Waals surface area contributed by atoms with Gasteiger partial charge in [-0.15, -0.1) is 0 Å². The third kappa shape index (κ3) is 2.86. The lowest BCUT2D eigenvalue weighted by atomic mass is 9.84. The van der Waals surface area contributed by atoms with Crippen molar-refractivity contribution >= 4 is 17.6 Å². The van der Waals surface area contributed by atoms with Crippen LogP contribution >= 0.6 is 0 Å². The number of carbonyl (C=O) groups excluding carboxylic acids is 3. The van der Waals surface area contributed by atoms with Crippen LogP contribution in [-0.4, -0.2) is 63.3 Å². The molecular formula is C20H30N2O4. The van der Waals surface area contributed by atoms with Crippen molar-refractivity contribution in [2.24, 2.45) is 5.92 Å². The Labute approximate surface area is 154 Å². The van der Waals surface area contributed by atoms with Crippen molar-refractivity contribution < 1.29 is 19.5 Å². The van der Waals surface area contributed by atoms with Crippen molar-refractivity contribution in [2.45, 2.75) is 88.3 Å². The molecule has 2 amide bonds. The van der Waals surface area contributed by atoms with Gasteiger partial charge in [0.05, 0.1) is 5.92 Å². The zero-order valence-electron chi connectivity index (χ0n) is 15.5.